The summed E-state index contributed by atoms with van der Waals surface area (Å²) in [6.45, 7) is 0. The molecule has 2 aliphatic rings. The molecule has 35 heavy (non-hydrogen) atoms. The Morgan fingerprint density at radius 3 is 1.77 bits per heavy atom. The highest BCUT2D eigenvalue weighted by molar-refractivity contribution is 5.87. The molecule has 186 valence electrons. The van der Waals surface area contributed by atoms with Crippen molar-refractivity contribution in [3.63, 3.8) is 0 Å². The normalized spacial score (nSPS) is 17.2. The first kappa shape index (κ1) is 27.7. The lowest BCUT2D eigenvalue weighted by molar-refractivity contribution is 0.0686. The van der Waals surface area contributed by atoms with Crippen molar-refractivity contribution in [1.82, 2.24) is 0 Å². The Labute approximate surface area is 210 Å². The van der Waals surface area contributed by atoms with Gasteiger partial charge < -0.3 is 26.2 Å². The van der Waals surface area contributed by atoms with Crippen LogP contribution in [0.3, 0.4) is 0 Å². The maximum Gasteiger partial charge on any atom is 0.335 e. The predicted octanol–water partition coefficient (Wildman–Crippen LogP) is 4.98. The van der Waals surface area contributed by atoms with E-state index in [1.165, 1.54) is 11.1 Å². The van der Waals surface area contributed by atoms with Crippen molar-refractivity contribution in [2.75, 3.05) is 0 Å². The predicted molar refractivity (Wildman–Crippen MR) is 136 cm³/mol. The number of nitrogens with two attached hydrogens (primary N) is 1. The van der Waals surface area contributed by atoms with Gasteiger partial charge >= 0.3 is 11.9 Å². The summed E-state index contributed by atoms with van der Waals surface area (Å²) >= 11 is 0. The molecule has 0 saturated carbocycles. The van der Waals surface area contributed by atoms with Crippen molar-refractivity contribution in [2.45, 2.75) is 44.1 Å². The molecule has 6 N–H and O–H groups in total. The number of aromatic hydroxyl groups is 2. The summed E-state index contributed by atoms with van der Waals surface area (Å²) in [4.78, 5) is 20.4. The molecule has 0 aromatic heterocycles. The highest BCUT2D eigenvalue weighted by Crippen LogP contribution is 2.46. The second kappa shape index (κ2) is 12.8. The van der Waals surface area contributed by atoms with Crippen molar-refractivity contribution in [1.29, 1.82) is 0 Å². The quantitative estimate of drug-likeness (QED) is 0.313. The molecule has 0 radical (unpaired) electrons. The van der Waals surface area contributed by atoms with Crippen LogP contribution in [0.1, 0.15) is 62.6 Å². The van der Waals surface area contributed by atoms with E-state index in [0.717, 1.165) is 37.7 Å². The van der Waals surface area contributed by atoms with E-state index in [1.807, 2.05) is 0 Å². The molecule has 3 aromatic rings. The molecule has 0 amide bonds. The van der Waals surface area contributed by atoms with Gasteiger partial charge in [0.1, 0.15) is 0 Å². The topological polar surface area (TPSA) is 141 Å². The minimum absolute atomic E-state index is 0. The lowest BCUT2D eigenvalue weighted by Gasteiger charge is -2.36. The standard InChI is InChI=1S/C13H17NO2.2C7H6O2.ClH/c14-10-5-4-7-6-11(15)13(16)9-3-1-2-8(10)12(7)9;2*8-7(9)6-4-2-1-3-5-6;/h6,8,10,15-16H,1-5,14H2;2*1-5H,(H,8,9);1H. The Balaban J connectivity index is 0.000000197. The number of aromatic carboxylic acids is 2. The molecule has 7 nitrogen and oxygen atoms in total. The third-order valence-electron chi connectivity index (χ3n) is 6.13. The monoisotopic (exact) mass is 499 g/mol. The third kappa shape index (κ3) is 6.97. The van der Waals surface area contributed by atoms with Crippen LogP contribution in [-0.4, -0.2) is 38.4 Å². The summed E-state index contributed by atoms with van der Waals surface area (Å²) in [5, 5.41) is 36.4. The lowest BCUT2D eigenvalue weighted by Crippen LogP contribution is -2.35. The van der Waals surface area contributed by atoms with Crippen molar-refractivity contribution in [2.24, 2.45) is 5.73 Å². The first-order valence-electron chi connectivity index (χ1n) is 11.2. The van der Waals surface area contributed by atoms with E-state index in [4.69, 9.17) is 15.9 Å². The molecule has 0 bridgehead atoms. The van der Waals surface area contributed by atoms with Gasteiger partial charge in [0, 0.05) is 11.6 Å². The van der Waals surface area contributed by atoms with Crippen LogP contribution in [0.25, 0.3) is 0 Å². The maximum atomic E-state index is 10.2. The number of halogens is 1. The molecule has 0 aliphatic heterocycles. The smallest absolute Gasteiger partial charge is 0.335 e. The van der Waals surface area contributed by atoms with Crippen LogP contribution in [0.2, 0.25) is 0 Å². The van der Waals surface area contributed by atoms with E-state index >= 15 is 0 Å². The number of hydrogen-bond donors (Lipinski definition) is 5. The van der Waals surface area contributed by atoms with Gasteiger partial charge in [-0.2, -0.15) is 0 Å². The average molecular weight is 500 g/mol. The SMILES string of the molecule is Cl.NC1CCc2cc(O)c(O)c3c2C1CCC3.O=C(O)c1ccccc1.O=C(O)c1ccccc1. The van der Waals surface area contributed by atoms with Crippen LogP contribution in [0, 0.1) is 0 Å². The van der Waals surface area contributed by atoms with Crippen molar-refractivity contribution >= 4 is 24.3 Å². The third-order valence-corrected chi connectivity index (χ3v) is 6.13. The fraction of sp³-hybridized carbons (Fsp3) is 0.259. The zero-order valence-electron chi connectivity index (χ0n) is 19.1. The number of phenols is 2. The first-order chi connectivity index (χ1) is 16.3. The number of hydrogen-bond acceptors (Lipinski definition) is 5. The number of carboxylic acid groups (broad SMARTS) is 2. The van der Waals surface area contributed by atoms with Crippen LogP contribution in [0.4, 0.5) is 0 Å². The Morgan fingerprint density at radius 1 is 0.800 bits per heavy atom. The molecule has 0 saturated heterocycles. The van der Waals surface area contributed by atoms with Gasteiger partial charge in [0.25, 0.3) is 0 Å². The Bertz CT molecular complexity index is 1090. The van der Waals surface area contributed by atoms with Crippen molar-refractivity contribution < 1.29 is 30.0 Å². The van der Waals surface area contributed by atoms with E-state index < -0.39 is 11.9 Å². The van der Waals surface area contributed by atoms with Crippen LogP contribution in [-0.2, 0) is 12.8 Å². The zero-order valence-corrected chi connectivity index (χ0v) is 19.9. The fourth-order valence-corrected chi connectivity index (χ4v) is 4.46. The van der Waals surface area contributed by atoms with E-state index in [0.29, 0.717) is 17.0 Å². The second-order valence-corrected chi connectivity index (χ2v) is 8.34. The van der Waals surface area contributed by atoms with Gasteiger partial charge in [-0.15, -0.1) is 12.4 Å². The molecule has 3 aromatic carbocycles. The van der Waals surface area contributed by atoms with E-state index in [-0.39, 0.29) is 29.9 Å². The van der Waals surface area contributed by atoms with Crippen LogP contribution in [0.15, 0.2) is 66.7 Å². The molecule has 8 heteroatoms. The molecule has 2 aliphatic carbocycles. The van der Waals surface area contributed by atoms with Crippen LogP contribution >= 0.6 is 12.4 Å². The first-order valence-corrected chi connectivity index (χ1v) is 11.2. The Kier molecular flexibility index (Phi) is 10.1. The van der Waals surface area contributed by atoms with Crippen LogP contribution < -0.4 is 5.73 Å². The highest BCUT2D eigenvalue weighted by Gasteiger charge is 2.33. The molecule has 2 atom stereocenters. The molecule has 0 heterocycles. The number of rotatable bonds is 2. The van der Waals surface area contributed by atoms with Gasteiger partial charge in [-0.3, -0.25) is 0 Å². The van der Waals surface area contributed by atoms with E-state index in [9.17, 15) is 19.8 Å². The number of phenolic OH excluding ortho intramolecular Hbond substituents is 2. The molecule has 5 rings (SSSR count). The van der Waals surface area contributed by atoms with Gasteiger partial charge in [0.2, 0.25) is 0 Å². The van der Waals surface area contributed by atoms with Gasteiger partial charge in [0.05, 0.1) is 11.1 Å². The van der Waals surface area contributed by atoms with Gasteiger partial charge in [-0.25, -0.2) is 9.59 Å². The van der Waals surface area contributed by atoms with Crippen molar-refractivity contribution in [3.05, 3.63) is 94.5 Å². The number of benzene rings is 3. The van der Waals surface area contributed by atoms with Gasteiger partial charge in [0.15, 0.2) is 11.5 Å². The van der Waals surface area contributed by atoms with E-state index in [1.54, 1.807) is 66.7 Å². The fourth-order valence-electron chi connectivity index (χ4n) is 4.46. The number of aryl methyl sites for hydroxylation is 1. The lowest BCUT2D eigenvalue weighted by atomic mass is 9.71. The van der Waals surface area contributed by atoms with Gasteiger partial charge in [-0.1, -0.05) is 36.4 Å². The number of carbonyl (C=O) groups is 2. The number of carboxylic acids is 2. The van der Waals surface area contributed by atoms with E-state index in [2.05, 4.69) is 0 Å². The maximum absolute atomic E-state index is 10.2. The summed E-state index contributed by atoms with van der Waals surface area (Å²) in [5.74, 6) is -1.26. The minimum atomic E-state index is -0.879. The zero-order chi connectivity index (χ0) is 24.7. The Morgan fingerprint density at radius 2 is 1.31 bits per heavy atom. The second-order valence-electron chi connectivity index (χ2n) is 8.34. The molecule has 0 fully saturated rings. The summed E-state index contributed by atoms with van der Waals surface area (Å²) in [6.07, 6.45) is 4.95. The Hall–Kier alpha value is -3.55. The van der Waals surface area contributed by atoms with Crippen LogP contribution in [0.5, 0.6) is 11.5 Å². The van der Waals surface area contributed by atoms with Gasteiger partial charge in [-0.05, 0) is 79.5 Å². The summed E-state index contributed by atoms with van der Waals surface area (Å²) in [5.41, 5.74) is 10.2. The summed E-state index contributed by atoms with van der Waals surface area (Å²) < 4.78 is 0. The highest BCUT2D eigenvalue weighted by atomic mass is 35.5. The summed E-state index contributed by atoms with van der Waals surface area (Å²) in [7, 11) is 0. The minimum Gasteiger partial charge on any atom is -0.504 e. The molecular formula is C27H30ClNO6. The average Bonchev–Trinajstić information content (AvgIpc) is 2.86. The molecule has 0 spiro atoms. The summed E-state index contributed by atoms with van der Waals surface area (Å²) in [6, 6.07) is 18.5. The molecule has 2 unspecified atom stereocenters. The van der Waals surface area contributed by atoms with Crippen molar-refractivity contribution in [3.8, 4) is 11.5 Å². The largest absolute Gasteiger partial charge is 0.504 e. The molecular weight excluding hydrogens is 470 g/mol.